The predicted molar refractivity (Wildman–Crippen MR) is 91.4 cm³/mol. The third-order valence-electron chi connectivity index (χ3n) is 2.53. The van der Waals surface area contributed by atoms with E-state index in [1.165, 1.54) is 16.7 Å². The van der Waals surface area contributed by atoms with Crippen LogP contribution < -0.4 is 0 Å². The van der Waals surface area contributed by atoms with Crippen LogP contribution in [0.4, 0.5) is 0 Å². The summed E-state index contributed by atoms with van der Waals surface area (Å²) < 4.78 is 1.18. The summed E-state index contributed by atoms with van der Waals surface area (Å²) in [7, 11) is 0. The van der Waals surface area contributed by atoms with Crippen LogP contribution in [0.25, 0.3) is 6.08 Å². The molecule has 1 aliphatic heterocycles. The van der Waals surface area contributed by atoms with Crippen LogP contribution in [0.2, 0.25) is 5.02 Å². The van der Waals surface area contributed by atoms with E-state index in [0.29, 0.717) is 29.9 Å². The van der Waals surface area contributed by atoms with E-state index in [1.807, 2.05) is 29.5 Å². The Kier molecular flexibility index (Phi) is 4.75. The second-order valence-electron chi connectivity index (χ2n) is 3.75. The summed E-state index contributed by atoms with van der Waals surface area (Å²) in [6.45, 7) is 2.41. The van der Waals surface area contributed by atoms with Crippen LogP contribution in [0.15, 0.2) is 17.0 Å². The summed E-state index contributed by atoms with van der Waals surface area (Å²) in [4.78, 5) is 14.1. The summed E-state index contributed by atoms with van der Waals surface area (Å²) in [5.41, 5.74) is 0.522. The summed E-state index contributed by atoms with van der Waals surface area (Å²) in [6, 6.07) is 3.28. The molecule has 3 nitrogen and oxygen atoms in total. The van der Waals surface area contributed by atoms with Crippen molar-refractivity contribution in [1.29, 1.82) is 0 Å². The summed E-state index contributed by atoms with van der Waals surface area (Å²) in [5.74, 6) is -0.0151. The van der Waals surface area contributed by atoms with Gasteiger partial charge in [0.05, 0.1) is 8.48 Å². The number of carbonyl (C=O) groups excluding carboxylic acids is 1. The number of rotatable bonds is 2. The molecule has 0 atom stereocenters. The fourth-order valence-electron chi connectivity index (χ4n) is 1.61. The van der Waals surface area contributed by atoms with Gasteiger partial charge in [0.25, 0.3) is 5.91 Å². The molecule has 1 amide bonds. The minimum atomic E-state index is -0.133. The van der Waals surface area contributed by atoms with Gasteiger partial charge in [-0.25, -0.2) is 0 Å². The van der Waals surface area contributed by atoms with Crippen molar-refractivity contribution in [3.05, 3.63) is 31.2 Å². The molecule has 19 heavy (non-hydrogen) atoms. The Morgan fingerprint density at radius 2 is 2.26 bits per heavy atom. The van der Waals surface area contributed by atoms with Crippen molar-refractivity contribution in [3.63, 3.8) is 0 Å². The molecule has 1 aromatic rings. The Hall–Kier alpha value is -0.310. The SMILES string of the molecule is CCN1C(=O)C(=Cc2cc(Cl)cc(I)c2O)SC1=S. The standard InChI is InChI=1S/C12H9ClINO2S2/c1-2-15-11(17)9(19-12(15)18)4-6-3-7(13)5-8(14)10(6)16/h3-5,16H,2H2,1H3. The van der Waals surface area contributed by atoms with Crippen molar-refractivity contribution in [3.8, 4) is 5.75 Å². The Balaban J connectivity index is 2.43. The van der Waals surface area contributed by atoms with Crippen molar-refractivity contribution >= 4 is 74.5 Å². The monoisotopic (exact) mass is 425 g/mol. The van der Waals surface area contributed by atoms with Gasteiger partial charge in [0.15, 0.2) is 0 Å². The normalized spacial score (nSPS) is 17.6. The highest BCUT2D eigenvalue weighted by molar-refractivity contribution is 14.1. The predicted octanol–water partition coefficient (Wildman–Crippen LogP) is 3.87. The molecule has 0 bridgehead atoms. The van der Waals surface area contributed by atoms with Gasteiger partial charge in [0.1, 0.15) is 10.1 Å². The maximum Gasteiger partial charge on any atom is 0.266 e. The van der Waals surface area contributed by atoms with Gasteiger partial charge in [-0.2, -0.15) is 0 Å². The average Bonchev–Trinajstić information content (AvgIpc) is 2.60. The van der Waals surface area contributed by atoms with Crippen LogP contribution in [-0.4, -0.2) is 26.8 Å². The number of amides is 1. The molecule has 1 aliphatic rings. The number of aromatic hydroxyl groups is 1. The van der Waals surface area contributed by atoms with Crippen LogP contribution in [0, 0.1) is 3.57 Å². The fraction of sp³-hybridized carbons (Fsp3) is 0.167. The van der Waals surface area contributed by atoms with Crippen molar-refractivity contribution in [2.45, 2.75) is 6.92 Å². The Bertz CT molecular complexity index is 604. The maximum atomic E-state index is 12.1. The van der Waals surface area contributed by atoms with E-state index in [1.54, 1.807) is 18.2 Å². The number of likely N-dealkylation sites (N-methyl/N-ethyl adjacent to an activating group) is 1. The van der Waals surface area contributed by atoms with Crippen molar-refractivity contribution < 1.29 is 9.90 Å². The van der Waals surface area contributed by atoms with Crippen LogP contribution in [-0.2, 0) is 4.79 Å². The first-order valence-corrected chi connectivity index (χ1v) is 8.05. The zero-order chi connectivity index (χ0) is 14.2. The quantitative estimate of drug-likeness (QED) is 0.444. The molecule has 0 spiro atoms. The van der Waals surface area contributed by atoms with E-state index in [9.17, 15) is 9.90 Å². The molecule has 1 heterocycles. The summed E-state index contributed by atoms with van der Waals surface area (Å²) in [5, 5.41) is 10.5. The molecule has 7 heteroatoms. The topological polar surface area (TPSA) is 40.5 Å². The molecule has 0 unspecified atom stereocenters. The van der Waals surface area contributed by atoms with E-state index in [0.717, 1.165) is 0 Å². The first-order chi connectivity index (χ1) is 8.93. The number of hydrogen-bond acceptors (Lipinski definition) is 4. The van der Waals surface area contributed by atoms with Gasteiger partial charge < -0.3 is 5.11 Å². The van der Waals surface area contributed by atoms with Crippen LogP contribution in [0.1, 0.15) is 12.5 Å². The number of phenols is 1. The van der Waals surface area contributed by atoms with Crippen LogP contribution in [0.3, 0.4) is 0 Å². The fourth-order valence-corrected chi connectivity index (χ4v) is 4.04. The highest BCUT2D eigenvalue weighted by atomic mass is 127. The summed E-state index contributed by atoms with van der Waals surface area (Å²) >= 11 is 14.3. The van der Waals surface area contributed by atoms with E-state index in [-0.39, 0.29) is 11.7 Å². The van der Waals surface area contributed by atoms with E-state index >= 15 is 0 Å². The lowest BCUT2D eigenvalue weighted by Gasteiger charge is -2.09. The highest BCUT2D eigenvalue weighted by Gasteiger charge is 2.30. The van der Waals surface area contributed by atoms with Crippen LogP contribution in [0.5, 0.6) is 5.75 Å². The van der Waals surface area contributed by atoms with Gasteiger partial charge in [-0.05, 0) is 47.7 Å². The van der Waals surface area contributed by atoms with E-state index < -0.39 is 0 Å². The number of carbonyl (C=O) groups is 1. The van der Waals surface area contributed by atoms with Gasteiger partial charge in [-0.15, -0.1) is 0 Å². The molecule has 1 N–H and O–H groups in total. The molecule has 1 aromatic carbocycles. The Morgan fingerprint density at radius 1 is 1.58 bits per heavy atom. The van der Waals surface area contributed by atoms with Crippen LogP contribution >= 0.6 is 58.2 Å². The zero-order valence-electron chi connectivity index (χ0n) is 9.81. The molecule has 1 fully saturated rings. The first-order valence-electron chi connectivity index (χ1n) is 5.37. The number of thioether (sulfide) groups is 1. The van der Waals surface area contributed by atoms with E-state index in [4.69, 9.17) is 23.8 Å². The largest absolute Gasteiger partial charge is 0.506 e. The van der Waals surface area contributed by atoms with Crippen molar-refractivity contribution in [2.75, 3.05) is 6.54 Å². The minimum Gasteiger partial charge on any atom is -0.506 e. The lowest BCUT2D eigenvalue weighted by molar-refractivity contribution is -0.121. The molecule has 1 saturated heterocycles. The number of phenolic OH excluding ortho intramolecular Hbond substituents is 1. The second-order valence-corrected chi connectivity index (χ2v) is 7.03. The van der Waals surface area contributed by atoms with Gasteiger partial charge in [-0.1, -0.05) is 35.6 Å². The molecular formula is C12H9ClINO2S2. The average molecular weight is 426 g/mol. The van der Waals surface area contributed by atoms with Crippen molar-refractivity contribution in [1.82, 2.24) is 4.90 Å². The summed E-state index contributed by atoms with van der Waals surface area (Å²) in [6.07, 6.45) is 1.62. The third kappa shape index (κ3) is 3.07. The van der Waals surface area contributed by atoms with Crippen molar-refractivity contribution in [2.24, 2.45) is 0 Å². The zero-order valence-corrected chi connectivity index (χ0v) is 14.4. The number of benzene rings is 1. The molecule has 0 saturated carbocycles. The second kappa shape index (κ2) is 5.99. The van der Waals surface area contributed by atoms with Gasteiger partial charge >= 0.3 is 0 Å². The number of nitrogens with zero attached hydrogens (tertiary/aromatic N) is 1. The number of halogens is 2. The van der Waals surface area contributed by atoms with Gasteiger partial charge in [0.2, 0.25) is 0 Å². The molecule has 0 radical (unpaired) electrons. The lowest BCUT2D eigenvalue weighted by Crippen LogP contribution is -2.27. The Morgan fingerprint density at radius 3 is 2.84 bits per heavy atom. The minimum absolute atomic E-state index is 0.117. The van der Waals surface area contributed by atoms with E-state index in [2.05, 4.69) is 0 Å². The maximum absolute atomic E-state index is 12.1. The number of thiocarbonyl (C=S) groups is 1. The molecule has 0 aliphatic carbocycles. The van der Waals surface area contributed by atoms with Gasteiger partial charge in [-0.3, -0.25) is 9.69 Å². The lowest BCUT2D eigenvalue weighted by atomic mass is 10.2. The molecule has 0 aromatic heterocycles. The first kappa shape index (κ1) is 15.1. The molecule has 2 rings (SSSR count). The molecule has 100 valence electrons. The number of hydrogen-bond donors (Lipinski definition) is 1. The Labute approximate surface area is 139 Å². The third-order valence-corrected chi connectivity index (χ3v) is 4.95. The smallest absolute Gasteiger partial charge is 0.266 e. The highest BCUT2D eigenvalue weighted by Crippen LogP contribution is 2.36. The van der Waals surface area contributed by atoms with Gasteiger partial charge in [0, 0.05) is 17.1 Å². The molecular weight excluding hydrogens is 417 g/mol.